The molecule has 101 valence electrons. The summed E-state index contributed by atoms with van der Waals surface area (Å²) in [5, 5.41) is 0. The summed E-state index contributed by atoms with van der Waals surface area (Å²) in [5.74, 6) is 0.845. The minimum absolute atomic E-state index is 0.629. The lowest BCUT2D eigenvalue weighted by molar-refractivity contribution is 0.437. The van der Waals surface area contributed by atoms with Crippen molar-refractivity contribution in [3.05, 3.63) is 0 Å². The molecule has 1 radical (unpaired) electrons. The average molecular weight is 239 g/mol. The molecule has 0 aromatic rings. The minimum atomic E-state index is 0.629. The van der Waals surface area contributed by atoms with Crippen LogP contribution >= 0.6 is 0 Å². The molecular formula is C16H31O. The van der Waals surface area contributed by atoms with Crippen LogP contribution in [-0.2, 0) is 4.79 Å². The number of unbranched alkanes of at least 4 members (excludes halogenated alkanes) is 8. The van der Waals surface area contributed by atoms with Gasteiger partial charge in [-0.3, -0.25) is 4.79 Å². The van der Waals surface area contributed by atoms with E-state index >= 15 is 0 Å². The zero-order chi connectivity index (χ0) is 12.8. The summed E-state index contributed by atoms with van der Waals surface area (Å²) >= 11 is 0. The molecule has 0 bridgehead atoms. The molecule has 17 heavy (non-hydrogen) atoms. The van der Waals surface area contributed by atoms with Gasteiger partial charge < -0.3 is 0 Å². The van der Waals surface area contributed by atoms with Crippen LogP contribution in [0.5, 0.6) is 0 Å². The van der Waals surface area contributed by atoms with Gasteiger partial charge in [-0.25, -0.2) is 0 Å². The Morgan fingerprint density at radius 1 is 0.824 bits per heavy atom. The first-order chi connectivity index (χ1) is 8.31. The smallest absolute Gasteiger partial charge is 0.198 e. The normalized spacial score (nSPS) is 12.6. The van der Waals surface area contributed by atoms with Crippen LogP contribution in [0.4, 0.5) is 0 Å². The lowest BCUT2D eigenvalue weighted by Gasteiger charge is -2.10. The largest absolute Gasteiger partial charge is 0.291 e. The predicted molar refractivity (Wildman–Crippen MR) is 75.9 cm³/mol. The molecule has 0 amide bonds. The van der Waals surface area contributed by atoms with Crippen LogP contribution in [0.15, 0.2) is 0 Å². The summed E-state index contributed by atoms with van der Waals surface area (Å²) in [6.45, 7) is 4.62. The summed E-state index contributed by atoms with van der Waals surface area (Å²) in [5.41, 5.74) is 0. The zero-order valence-electron chi connectivity index (χ0n) is 12.0. The molecule has 0 aliphatic carbocycles. The van der Waals surface area contributed by atoms with E-state index in [-0.39, 0.29) is 0 Å². The molecule has 0 aliphatic heterocycles. The molecule has 1 heteroatoms. The Morgan fingerprint density at radius 2 is 1.35 bits per heavy atom. The molecule has 0 aromatic heterocycles. The van der Waals surface area contributed by atoms with Crippen LogP contribution in [0.2, 0.25) is 0 Å². The van der Waals surface area contributed by atoms with Gasteiger partial charge in [0.1, 0.15) is 0 Å². The van der Waals surface area contributed by atoms with E-state index in [9.17, 15) is 4.79 Å². The zero-order valence-corrected chi connectivity index (χ0v) is 12.0. The summed E-state index contributed by atoms with van der Waals surface area (Å²) < 4.78 is 0. The van der Waals surface area contributed by atoms with E-state index in [2.05, 4.69) is 13.8 Å². The fourth-order valence-electron chi connectivity index (χ4n) is 2.28. The molecule has 0 saturated carbocycles. The first-order valence-electron chi connectivity index (χ1n) is 7.66. The van der Waals surface area contributed by atoms with Gasteiger partial charge in [0.25, 0.3) is 0 Å². The summed E-state index contributed by atoms with van der Waals surface area (Å²) in [7, 11) is 0. The van der Waals surface area contributed by atoms with Gasteiger partial charge >= 0.3 is 0 Å². The maximum absolute atomic E-state index is 10.0. The molecule has 1 unspecified atom stereocenters. The van der Waals surface area contributed by atoms with Gasteiger partial charge in [-0.1, -0.05) is 78.1 Å². The standard InChI is InChI=1S/C16H31O/c1-3-4-5-6-7-8-10-13-16(2)14-11-9-12-15-17/h16H,3-14H2,1-2H3. The van der Waals surface area contributed by atoms with Gasteiger partial charge in [-0.2, -0.15) is 0 Å². The summed E-state index contributed by atoms with van der Waals surface area (Å²) in [6, 6.07) is 0. The van der Waals surface area contributed by atoms with E-state index in [1.54, 1.807) is 0 Å². The van der Waals surface area contributed by atoms with Crippen LogP contribution in [0, 0.1) is 5.92 Å². The highest BCUT2D eigenvalue weighted by Gasteiger charge is 2.01. The van der Waals surface area contributed by atoms with Crippen LogP contribution < -0.4 is 0 Å². The molecule has 1 nitrogen and oxygen atoms in total. The second kappa shape index (κ2) is 13.7. The highest BCUT2D eigenvalue weighted by Crippen LogP contribution is 2.17. The second-order valence-electron chi connectivity index (χ2n) is 5.41. The third-order valence-corrected chi connectivity index (χ3v) is 3.53. The van der Waals surface area contributed by atoms with Gasteiger partial charge in [-0.15, -0.1) is 0 Å². The maximum Gasteiger partial charge on any atom is 0.198 e. The molecule has 0 heterocycles. The third-order valence-electron chi connectivity index (χ3n) is 3.53. The summed E-state index contributed by atoms with van der Waals surface area (Å²) in [4.78, 5) is 10.0. The second-order valence-corrected chi connectivity index (χ2v) is 5.41. The number of hydrogen-bond acceptors (Lipinski definition) is 1. The molecule has 0 aromatic carbocycles. The molecule has 0 N–H and O–H groups in total. The average Bonchev–Trinajstić information content (AvgIpc) is 2.33. The third kappa shape index (κ3) is 13.6. The number of hydrogen-bond donors (Lipinski definition) is 0. The molecule has 0 saturated heterocycles. The first kappa shape index (κ1) is 16.7. The van der Waals surface area contributed by atoms with Gasteiger partial charge in [-0.05, 0) is 12.3 Å². The van der Waals surface area contributed by atoms with Gasteiger partial charge in [0.2, 0.25) is 0 Å². The van der Waals surface area contributed by atoms with E-state index in [1.165, 1.54) is 64.2 Å². The Labute approximate surface area is 108 Å². The Kier molecular flexibility index (Phi) is 13.5. The topological polar surface area (TPSA) is 17.1 Å². The van der Waals surface area contributed by atoms with Crippen LogP contribution in [-0.4, -0.2) is 6.29 Å². The molecule has 0 aliphatic rings. The molecule has 1 atom stereocenters. The van der Waals surface area contributed by atoms with Crippen molar-refractivity contribution in [1.82, 2.24) is 0 Å². The van der Waals surface area contributed by atoms with Crippen molar-refractivity contribution in [2.45, 2.75) is 90.9 Å². The van der Waals surface area contributed by atoms with E-state index < -0.39 is 0 Å². The van der Waals surface area contributed by atoms with Crippen molar-refractivity contribution in [3.8, 4) is 0 Å². The van der Waals surface area contributed by atoms with Crippen molar-refractivity contribution < 1.29 is 4.79 Å². The number of rotatable bonds is 13. The van der Waals surface area contributed by atoms with Gasteiger partial charge in [0.05, 0.1) is 0 Å². The Balaban J connectivity index is 3.10. The molecular weight excluding hydrogens is 208 g/mol. The van der Waals surface area contributed by atoms with E-state index in [0.29, 0.717) is 6.42 Å². The Hall–Kier alpha value is -0.330. The van der Waals surface area contributed by atoms with Crippen molar-refractivity contribution in [1.29, 1.82) is 0 Å². The molecule has 0 rings (SSSR count). The van der Waals surface area contributed by atoms with Gasteiger partial charge in [0.15, 0.2) is 6.29 Å². The fraction of sp³-hybridized carbons (Fsp3) is 0.938. The fourth-order valence-corrected chi connectivity index (χ4v) is 2.28. The first-order valence-corrected chi connectivity index (χ1v) is 7.66. The molecule has 0 spiro atoms. The monoisotopic (exact) mass is 239 g/mol. The van der Waals surface area contributed by atoms with Crippen LogP contribution in [0.3, 0.4) is 0 Å². The molecule has 0 fully saturated rings. The Bertz CT molecular complexity index is 154. The van der Waals surface area contributed by atoms with Crippen molar-refractivity contribution >= 4 is 6.29 Å². The number of carbonyl (C=O) groups excluding carboxylic acids is 1. The highest BCUT2D eigenvalue weighted by atomic mass is 16.1. The summed E-state index contributed by atoms with van der Waals surface area (Å²) in [6.07, 6.45) is 17.3. The lowest BCUT2D eigenvalue weighted by Crippen LogP contribution is -1.95. The predicted octanol–water partition coefficient (Wildman–Crippen LogP) is 5.43. The minimum Gasteiger partial charge on any atom is -0.291 e. The highest BCUT2D eigenvalue weighted by molar-refractivity contribution is 5.50. The van der Waals surface area contributed by atoms with Crippen LogP contribution in [0.25, 0.3) is 0 Å². The SMILES string of the molecule is CCCCCCCCCC(C)CCCC[C]=O. The van der Waals surface area contributed by atoms with E-state index in [0.717, 1.165) is 12.3 Å². The van der Waals surface area contributed by atoms with E-state index in [4.69, 9.17) is 0 Å². The van der Waals surface area contributed by atoms with E-state index in [1.807, 2.05) is 6.29 Å². The van der Waals surface area contributed by atoms with Gasteiger partial charge in [0, 0.05) is 6.42 Å². The van der Waals surface area contributed by atoms with Crippen LogP contribution in [0.1, 0.15) is 90.9 Å². The maximum atomic E-state index is 10.0. The Morgan fingerprint density at radius 3 is 1.94 bits per heavy atom. The van der Waals surface area contributed by atoms with Crippen molar-refractivity contribution in [2.75, 3.05) is 0 Å². The quantitative estimate of drug-likeness (QED) is 0.391. The van der Waals surface area contributed by atoms with Crippen molar-refractivity contribution in [2.24, 2.45) is 5.92 Å². The lowest BCUT2D eigenvalue weighted by atomic mass is 9.96. The van der Waals surface area contributed by atoms with Crippen molar-refractivity contribution in [3.63, 3.8) is 0 Å².